The van der Waals surface area contributed by atoms with E-state index in [4.69, 9.17) is 47.4 Å². The summed E-state index contributed by atoms with van der Waals surface area (Å²) in [5, 5.41) is 62.9. The number of carbonyl (C=O) groups excluding carboxylic acids is 6. The van der Waals surface area contributed by atoms with Crippen LogP contribution in [0.4, 0.5) is 0 Å². The molecule has 396 valence electrons. The van der Waals surface area contributed by atoms with Crippen molar-refractivity contribution in [2.45, 2.75) is 68.7 Å². The molecule has 0 spiro atoms. The highest BCUT2D eigenvalue weighted by Crippen LogP contribution is 2.40. The average molecular weight is 1040 g/mol. The number of phenols is 4. The molecule has 6 N–H and O–H groups in total. The monoisotopic (exact) mass is 1040 g/mol. The molecule has 0 aliphatic carbocycles. The van der Waals surface area contributed by atoms with E-state index in [1.54, 1.807) is 0 Å². The number of carbonyl (C=O) groups is 6. The predicted octanol–water partition coefficient (Wildman–Crippen LogP) is 3.63. The quantitative estimate of drug-likeness (QED) is 0.0418. The number of aliphatic hydroxyl groups excluding tert-OH is 2. The molecular formula is C53H52O22. The Balaban J connectivity index is 1.36. The third-order valence-electron chi connectivity index (χ3n) is 11.0. The van der Waals surface area contributed by atoms with Gasteiger partial charge in [0.05, 0.1) is 7.11 Å². The van der Waals surface area contributed by atoms with Crippen LogP contribution in [0.2, 0.25) is 0 Å². The van der Waals surface area contributed by atoms with Crippen molar-refractivity contribution in [2.24, 2.45) is 0 Å². The van der Waals surface area contributed by atoms with Gasteiger partial charge in [-0.15, -0.1) is 0 Å². The Bertz CT molecular complexity index is 2770. The third kappa shape index (κ3) is 16.0. The van der Waals surface area contributed by atoms with Crippen LogP contribution in [0.25, 0.3) is 24.3 Å². The Kier molecular flexibility index (Phi) is 19.3. The summed E-state index contributed by atoms with van der Waals surface area (Å²) >= 11 is 0. The SMILES string of the molecule is COc1cc(/C=C/C(=O)OC[C@H]2O[C@H](O[C@]3(COC(=O)/C=C/c4ccc(O)cc4)O[C@H](COC(=O)/C=C/c4ccc(O)cc4)[C@@H](O)[C@@H]3OC(=O)/C=C/c3ccc(O)cc3)[C@H](OC(C)=O)[C@@H](O)[C@@H]2OC(C)=O)ccc1O. The summed E-state index contributed by atoms with van der Waals surface area (Å²) in [6.45, 7) is -0.763. The van der Waals surface area contributed by atoms with Gasteiger partial charge in [0.1, 0.15) is 61.5 Å². The van der Waals surface area contributed by atoms with E-state index in [1.807, 2.05) is 0 Å². The lowest BCUT2D eigenvalue weighted by Gasteiger charge is -2.45. The van der Waals surface area contributed by atoms with E-state index in [0.29, 0.717) is 22.3 Å². The molecule has 2 heterocycles. The van der Waals surface area contributed by atoms with Crippen LogP contribution in [0, 0.1) is 0 Å². The van der Waals surface area contributed by atoms with Crippen LogP contribution in [-0.2, 0) is 71.4 Å². The highest BCUT2D eigenvalue weighted by Gasteiger charge is 2.63. The maximum absolute atomic E-state index is 13.7. The Labute approximate surface area is 427 Å². The minimum atomic E-state index is -2.77. The molecule has 0 unspecified atom stereocenters. The van der Waals surface area contributed by atoms with Gasteiger partial charge >= 0.3 is 35.8 Å². The second-order valence-electron chi connectivity index (χ2n) is 16.5. The van der Waals surface area contributed by atoms with Crippen LogP contribution in [0.15, 0.2) is 115 Å². The molecule has 6 rings (SSSR count). The summed E-state index contributed by atoms with van der Waals surface area (Å²) in [5.74, 6) is -9.18. The zero-order valence-corrected chi connectivity index (χ0v) is 40.2. The largest absolute Gasteiger partial charge is 0.508 e. The highest BCUT2D eigenvalue weighted by atomic mass is 16.8. The number of aromatic hydroxyl groups is 4. The lowest BCUT2D eigenvalue weighted by Crippen LogP contribution is -2.65. The van der Waals surface area contributed by atoms with Crippen molar-refractivity contribution >= 4 is 60.1 Å². The molecule has 0 bridgehead atoms. The summed E-state index contributed by atoms with van der Waals surface area (Å²) in [6, 6.07) is 21.3. The Hall–Kier alpha value is -8.54. The molecule has 2 saturated heterocycles. The van der Waals surface area contributed by atoms with Crippen LogP contribution in [-0.4, -0.2) is 148 Å². The molecule has 0 radical (unpaired) electrons. The molecule has 4 aromatic carbocycles. The fourth-order valence-electron chi connectivity index (χ4n) is 7.38. The van der Waals surface area contributed by atoms with Gasteiger partial charge in [-0.1, -0.05) is 42.5 Å². The van der Waals surface area contributed by atoms with Gasteiger partial charge in [0.2, 0.25) is 12.1 Å². The van der Waals surface area contributed by atoms with Crippen molar-refractivity contribution in [1.29, 1.82) is 0 Å². The van der Waals surface area contributed by atoms with Gasteiger partial charge in [-0.2, -0.15) is 0 Å². The number of methoxy groups -OCH3 is 1. The molecule has 0 amide bonds. The number of hydrogen-bond donors (Lipinski definition) is 6. The normalized spacial score (nSPS) is 23.5. The number of phenolic OH excluding ortho intramolecular Hbond substituents is 4. The Morgan fingerprint density at radius 2 is 0.987 bits per heavy atom. The number of rotatable bonds is 20. The van der Waals surface area contributed by atoms with Crippen molar-refractivity contribution in [3.63, 3.8) is 0 Å². The topological polar surface area (TPSA) is 316 Å². The summed E-state index contributed by atoms with van der Waals surface area (Å²) in [5.41, 5.74) is 1.76. The first-order valence-corrected chi connectivity index (χ1v) is 22.7. The number of benzene rings is 4. The molecule has 2 aliphatic rings. The minimum Gasteiger partial charge on any atom is -0.508 e. The van der Waals surface area contributed by atoms with Gasteiger partial charge < -0.3 is 78.0 Å². The molecule has 2 fully saturated rings. The van der Waals surface area contributed by atoms with Crippen molar-refractivity contribution in [3.05, 3.63) is 138 Å². The molecule has 9 atom stereocenters. The molecule has 0 aromatic heterocycles. The maximum atomic E-state index is 13.7. The summed E-state index contributed by atoms with van der Waals surface area (Å²) in [6.07, 6.45) is -6.22. The van der Waals surface area contributed by atoms with E-state index in [1.165, 1.54) is 122 Å². The van der Waals surface area contributed by atoms with Crippen LogP contribution >= 0.6 is 0 Å². The Morgan fingerprint density at radius 1 is 0.547 bits per heavy atom. The first-order chi connectivity index (χ1) is 35.8. The predicted molar refractivity (Wildman–Crippen MR) is 258 cm³/mol. The van der Waals surface area contributed by atoms with Crippen LogP contribution < -0.4 is 4.74 Å². The molecule has 22 nitrogen and oxygen atoms in total. The second-order valence-corrected chi connectivity index (χ2v) is 16.5. The number of aliphatic hydroxyl groups is 2. The number of esters is 6. The second kappa shape index (κ2) is 25.9. The summed E-state index contributed by atoms with van der Waals surface area (Å²) in [4.78, 5) is 78.4. The fraction of sp³-hybridized carbons (Fsp3) is 0.283. The first-order valence-electron chi connectivity index (χ1n) is 22.7. The molecular weight excluding hydrogens is 989 g/mol. The van der Waals surface area contributed by atoms with Crippen molar-refractivity contribution in [3.8, 4) is 28.7 Å². The molecule has 4 aromatic rings. The zero-order chi connectivity index (χ0) is 54.2. The van der Waals surface area contributed by atoms with E-state index in [0.717, 1.165) is 38.2 Å². The van der Waals surface area contributed by atoms with E-state index in [9.17, 15) is 59.4 Å². The lowest BCUT2D eigenvalue weighted by molar-refractivity contribution is -0.384. The van der Waals surface area contributed by atoms with Gasteiger partial charge in [-0.3, -0.25) is 9.59 Å². The van der Waals surface area contributed by atoms with Crippen molar-refractivity contribution in [2.75, 3.05) is 26.9 Å². The van der Waals surface area contributed by atoms with E-state index in [2.05, 4.69) is 0 Å². The van der Waals surface area contributed by atoms with Crippen LogP contribution in [0.5, 0.6) is 28.7 Å². The zero-order valence-electron chi connectivity index (χ0n) is 40.2. The van der Waals surface area contributed by atoms with E-state index in [-0.39, 0.29) is 28.7 Å². The van der Waals surface area contributed by atoms with Gasteiger partial charge in [0.15, 0.2) is 29.8 Å². The minimum absolute atomic E-state index is 0.0223. The first kappa shape index (κ1) is 55.8. The maximum Gasteiger partial charge on any atom is 0.331 e. The van der Waals surface area contributed by atoms with Crippen LogP contribution in [0.1, 0.15) is 36.1 Å². The number of ether oxygens (including phenoxy) is 10. The van der Waals surface area contributed by atoms with Gasteiger partial charge in [-0.05, 0) is 95.1 Å². The number of hydrogen-bond acceptors (Lipinski definition) is 22. The molecule has 0 saturated carbocycles. The van der Waals surface area contributed by atoms with Crippen molar-refractivity contribution in [1.82, 2.24) is 0 Å². The van der Waals surface area contributed by atoms with E-state index < -0.39 is 110 Å². The average Bonchev–Trinajstić information content (AvgIpc) is 3.63. The van der Waals surface area contributed by atoms with Gasteiger partial charge in [0, 0.05) is 38.2 Å². The van der Waals surface area contributed by atoms with Crippen molar-refractivity contribution < 1.29 is 107 Å². The lowest BCUT2D eigenvalue weighted by atomic mass is 9.98. The summed E-state index contributed by atoms with van der Waals surface area (Å²) in [7, 11) is 1.33. The molecule has 75 heavy (non-hydrogen) atoms. The van der Waals surface area contributed by atoms with E-state index >= 15 is 0 Å². The van der Waals surface area contributed by atoms with Gasteiger partial charge in [0.25, 0.3) is 0 Å². The smallest absolute Gasteiger partial charge is 0.331 e. The third-order valence-corrected chi connectivity index (χ3v) is 11.0. The van der Waals surface area contributed by atoms with Crippen LogP contribution in [0.3, 0.4) is 0 Å². The highest BCUT2D eigenvalue weighted by molar-refractivity contribution is 5.89. The molecule has 2 aliphatic heterocycles. The van der Waals surface area contributed by atoms with Gasteiger partial charge in [-0.25, -0.2) is 19.2 Å². The fourth-order valence-corrected chi connectivity index (χ4v) is 7.38. The molecule has 22 heteroatoms. The standard InChI is InChI=1S/C53H52O22/c1-30(54)70-49-42(28-68-44(61)24-14-35-10-21-39(59)40(26-35)66-3)72-52(50(48(49)65)71-31(2)55)75-53(29-69-45(62)23-12-33-6-17-37(57)18-7-33)51(73-46(63)25-13-34-8-19-38(58)20-9-34)47(64)41(74-53)27-67-43(60)22-11-32-4-15-36(56)16-5-32/h4-26,41-42,47-52,56-59,64-65H,27-29H2,1-3H3/b22-11+,23-12+,24-14+,25-13+/t41-,42-,47-,48+,49-,50-,51+,52-,53+/m1/s1. The summed E-state index contributed by atoms with van der Waals surface area (Å²) < 4.78 is 56.9. The Morgan fingerprint density at radius 3 is 1.48 bits per heavy atom.